The summed E-state index contributed by atoms with van der Waals surface area (Å²) in [5.74, 6) is -2.77. The number of nitrogens with one attached hydrogen (secondary N) is 1. The highest BCUT2D eigenvalue weighted by molar-refractivity contribution is 6.45. The Kier molecular flexibility index (Phi) is 11.1. The quantitative estimate of drug-likeness (QED) is 0.0989. The molecule has 5 atom stereocenters. The van der Waals surface area contributed by atoms with Gasteiger partial charge in [-0.3, -0.25) is 14.4 Å². The molecular weight excluding hydrogens is 544 g/mol. The number of carboxylic acid groups (broad SMARTS) is 1. The van der Waals surface area contributed by atoms with Crippen LogP contribution in [0.5, 0.6) is 5.75 Å². The van der Waals surface area contributed by atoms with Crippen LogP contribution in [0.3, 0.4) is 0 Å². The van der Waals surface area contributed by atoms with Crippen molar-refractivity contribution in [1.82, 2.24) is 5.48 Å². The zero-order chi connectivity index (χ0) is 30.1. The number of aliphatic hydroxyl groups is 3. The van der Waals surface area contributed by atoms with Gasteiger partial charge in [-0.05, 0) is 36.6 Å². The number of carbonyl (C=O) groups excluding carboxylic acids is 2. The van der Waals surface area contributed by atoms with Gasteiger partial charge in [-0.1, -0.05) is 41.6 Å². The maximum absolute atomic E-state index is 13.1. The fourth-order valence-electron chi connectivity index (χ4n) is 3.86. The zero-order valence-electron chi connectivity index (χ0n) is 22.6. The molecule has 41 heavy (non-hydrogen) atoms. The van der Waals surface area contributed by atoms with Crippen molar-refractivity contribution in [2.24, 2.45) is 5.16 Å². The topological polar surface area (TPSA) is 203 Å². The van der Waals surface area contributed by atoms with Crippen LogP contribution >= 0.6 is 0 Å². The van der Waals surface area contributed by atoms with Gasteiger partial charge in [0.15, 0.2) is 5.71 Å². The Balaban J connectivity index is 1.69. The minimum atomic E-state index is -1.82. The van der Waals surface area contributed by atoms with Gasteiger partial charge in [0.1, 0.15) is 56.9 Å². The SMILES string of the molecule is CO/N=C(/C(=O)NO[C@@H]1O[C@H](COC(=O)CC(=O)O)[C@@H](O)[C@H](O)[C@H]1O)c1ccccc1COc1cc(C)ccc1C. The number of amides is 1. The van der Waals surface area contributed by atoms with Crippen LogP contribution in [0.1, 0.15) is 28.7 Å². The van der Waals surface area contributed by atoms with Crippen molar-refractivity contribution in [3.63, 3.8) is 0 Å². The molecule has 1 saturated heterocycles. The molecule has 222 valence electrons. The third-order valence-electron chi connectivity index (χ3n) is 6.04. The van der Waals surface area contributed by atoms with E-state index < -0.39 is 61.6 Å². The first-order valence-corrected chi connectivity index (χ1v) is 12.4. The van der Waals surface area contributed by atoms with Crippen molar-refractivity contribution in [3.8, 4) is 5.75 Å². The van der Waals surface area contributed by atoms with E-state index in [9.17, 15) is 29.7 Å². The molecule has 3 rings (SSSR count). The van der Waals surface area contributed by atoms with Gasteiger partial charge in [0.25, 0.3) is 5.91 Å². The Labute approximate surface area is 235 Å². The maximum Gasteiger partial charge on any atom is 0.317 e. The van der Waals surface area contributed by atoms with Crippen molar-refractivity contribution in [2.75, 3.05) is 13.7 Å². The van der Waals surface area contributed by atoms with Gasteiger partial charge in [0, 0.05) is 5.56 Å². The predicted octanol–water partition coefficient (Wildman–Crippen LogP) is 0.106. The molecule has 14 heteroatoms. The molecule has 14 nitrogen and oxygen atoms in total. The van der Waals surface area contributed by atoms with E-state index in [4.69, 9.17) is 29.0 Å². The van der Waals surface area contributed by atoms with E-state index in [-0.39, 0.29) is 12.3 Å². The van der Waals surface area contributed by atoms with Crippen molar-refractivity contribution in [2.45, 2.75) is 57.6 Å². The molecule has 0 radical (unpaired) electrons. The average Bonchev–Trinajstić information content (AvgIpc) is 2.94. The summed E-state index contributed by atoms with van der Waals surface area (Å²) in [6.45, 7) is 3.28. The number of carbonyl (C=O) groups is 3. The van der Waals surface area contributed by atoms with E-state index in [0.717, 1.165) is 11.1 Å². The lowest BCUT2D eigenvalue weighted by Crippen LogP contribution is -2.60. The van der Waals surface area contributed by atoms with Crippen molar-refractivity contribution in [3.05, 3.63) is 64.7 Å². The summed E-state index contributed by atoms with van der Waals surface area (Å²) < 4.78 is 16.1. The van der Waals surface area contributed by atoms with E-state index >= 15 is 0 Å². The van der Waals surface area contributed by atoms with Gasteiger partial charge in [0.05, 0.1) is 0 Å². The number of ether oxygens (including phenoxy) is 3. The summed E-state index contributed by atoms with van der Waals surface area (Å²) in [5, 5.41) is 43.1. The van der Waals surface area contributed by atoms with Gasteiger partial charge in [-0.25, -0.2) is 10.3 Å². The van der Waals surface area contributed by atoms with Crippen LogP contribution in [0.25, 0.3) is 0 Å². The average molecular weight is 577 g/mol. The number of hydrogen-bond acceptors (Lipinski definition) is 12. The molecule has 2 aromatic carbocycles. The summed E-state index contributed by atoms with van der Waals surface area (Å²) in [6.07, 6.45) is -9.41. The molecule has 1 aliphatic heterocycles. The third-order valence-corrected chi connectivity index (χ3v) is 6.04. The molecule has 0 spiro atoms. The van der Waals surface area contributed by atoms with Crippen LogP contribution in [-0.4, -0.2) is 88.4 Å². The second-order valence-electron chi connectivity index (χ2n) is 9.15. The fraction of sp³-hybridized carbons (Fsp3) is 0.407. The number of aryl methyl sites for hydroxylation is 2. The summed E-state index contributed by atoms with van der Waals surface area (Å²) >= 11 is 0. The van der Waals surface area contributed by atoms with Crippen LogP contribution < -0.4 is 10.2 Å². The highest BCUT2D eigenvalue weighted by atomic mass is 16.8. The highest BCUT2D eigenvalue weighted by Crippen LogP contribution is 2.23. The molecule has 1 fully saturated rings. The summed E-state index contributed by atoms with van der Waals surface area (Å²) in [4.78, 5) is 45.3. The summed E-state index contributed by atoms with van der Waals surface area (Å²) in [5.41, 5.74) is 4.76. The summed E-state index contributed by atoms with van der Waals surface area (Å²) in [6, 6.07) is 12.6. The molecule has 0 unspecified atom stereocenters. The van der Waals surface area contributed by atoms with E-state index in [0.29, 0.717) is 16.9 Å². The lowest BCUT2D eigenvalue weighted by Gasteiger charge is -2.39. The molecule has 0 saturated carbocycles. The third kappa shape index (κ3) is 8.45. The smallest absolute Gasteiger partial charge is 0.317 e. The van der Waals surface area contributed by atoms with Crippen molar-refractivity contribution < 1.29 is 58.7 Å². The van der Waals surface area contributed by atoms with Gasteiger partial charge in [-0.15, -0.1) is 0 Å². The number of aliphatic carboxylic acids is 1. The number of oxime groups is 1. The second-order valence-corrected chi connectivity index (χ2v) is 9.15. The fourth-order valence-corrected chi connectivity index (χ4v) is 3.86. The molecule has 1 amide bonds. The van der Waals surface area contributed by atoms with Crippen LogP contribution in [0.2, 0.25) is 0 Å². The summed E-state index contributed by atoms with van der Waals surface area (Å²) in [7, 11) is 1.24. The molecule has 1 heterocycles. The van der Waals surface area contributed by atoms with E-state index in [2.05, 4.69) is 10.6 Å². The molecule has 5 N–H and O–H groups in total. The molecule has 1 aliphatic rings. The first kappa shape index (κ1) is 31.4. The molecule has 0 aliphatic carbocycles. The Bertz CT molecular complexity index is 1270. The lowest BCUT2D eigenvalue weighted by atomic mass is 9.99. The van der Waals surface area contributed by atoms with E-state index in [1.54, 1.807) is 24.3 Å². The van der Waals surface area contributed by atoms with E-state index in [1.807, 2.05) is 32.0 Å². The van der Waals surface area contributed by atoms with Gasteiger partial charge < -0.3 is 39.5 Å². The zero-order valence-corrected chi connectivity index (χ0v) is 22.6. The normalized spacial score (nSPS) is 22.5. The Morgan fingerprint density at radius 2 is 1.76 bits per heavy atom. The van der Waals surface area contributed by atoms with Crippen LogP contribution in [0, 0.1) is 13.8 Å². The highest BCUT2D eigenvalue weighted by Gasteiger charge is 2.45. The van der Waals surface area contributed by atoms with Crippen LogP contribution in [-0.2, 0) is 40.1 Å². The number of nitrogens with zero attached hydrogens (tertiary/aromatic N) is 1. The van der Waals surface area contributed by atoms with Gasteiger partial charge in [-0.2, -0.15) is 0 Å². The number of hydroxylamine groups is 1. The van der Waals surface area contributed by atoms with Crippen molar-refractivity contribution in [1.29, 1.82) is 0 Å². The minimum absolute atomic E-state index is 0.0914. The van der Waals surface area contributed by atoms with Gasteiger partial charge >= 0.3 is 11.9 Å². The monoisotopic (exact) mass is 576 g/mol. The molecular formula is C27H32N2O12. The maximum atomic E-state index is 13.1. The number of carboxylic acids is 1. The van der Waals surface area contributed by atoms with Crippen LogP contribution in [0.15, 0.2) is 47.6 Å². The number of hydrogen-bond donors (Lipinski definition) is 5. The first-order valence-electron chi connectivity index (χ1n) is 12.4. The number of rotatable bonds is 12. The van der Waals surface area contributed by atoms with Crippen LogP contribution in [0.4, 0.5) is 0 Å². The largest absolute Gasteiger partial charge is 0.489 e. The van der Waals surface area contributed by atoms with Crippen molar-refractivity contribution >= 4 is 23.6 Å². The first-order chi connectivity index (χ1) is 19.5. The second kappa shape index (κ2) is 14.5. The Morgan fingerprint density at radius 3 is 2.46 bits per heavy atom. The molecule has 2 aromatic rings. The molecule has 0 bridgehead atoms. The Hall–Kier alpha value is -4.08. The molecule has 0 aromatic heterocycles. The number of benzene rings is 2. The number of aliphatic hydroxyl groups excluding tert-OH is 3. The standard InChI is InChI=1S/C27H32N2O12/c1-14-8-9-15(2)18(10-14)38-12-16-6-4-5-7-17(16)22(28-37-3)26(36)29-41-27-25(35)24(34)23(33)19(40-27)13-39-21(32)11-20(30)31/h4-10,19,23-25,27,33-35H,11-13H2,1-3H3,(H,29,36)(H,30,31)/b28-22+/t19-,23-,24+,25-,27+/m1/s1. The van der Waals surface area contributed by atoms with E-state index in [1.165, 1.54) is 7.11 Å². The predicted molar refractivity (Wildman–Crippen MR) is 139 cm³/mol. The minimum Gasteiger partial charge on any atom is -0.489 e. The number of esters is 1. The Morgan fingerprint density at radius 1 is 1.02 bits per heavy atom. The lowest BCUT2D eigenvalue weighted by molar-refractivity contribution is -0.313. The van der Waals surface area contributed by atoms with Gasteiger partial charge in [0.2, 0.25) is 6.29 Å².